The van der Waals surface area contributed by atoms with Crippen molar-refractivity contribution in [2.24, 2.45) is 0 Å². The molecule has 1 heterocycles. The summed E-state index contributed by atoms with van der Waals surface area (Å²) >= 11 is 1.35. The maximum Gasteiger partial charge on any atom is 0.270 e. The first kappa shape index (κ1) is 18.7. The standard InChI is InChI=1S/C19H16FN3O3S/c1-2-4-16-17(12-7-9-14(20)10-8-12)21-19(27-16)22-18(24)13-5-3-6-15(11-13)23(25)26/h3,5-11H,2,4H2,1H3,(H,21,22,24). The molecule has 1 aromatic heterocycles. The van der Waals surface area contributed by atoms with Crippen LogP contribution in [0.1, 0.15) is 28.6 Å². The summed E-state index contributed by atoms with van der Waals surface area (Å²) in [6.45, 7) is 2.04. The molecule has 0 aliphatic heterocycles. The Morgan fingerprint density at radius 3 is 2.67 bits per heavy atom. The van der Waals surface area contributed by atoms with E-state index in [0.717, 1.165) is 23.3 Å². The van der Waals surface area contributed by atoms with E-state index in [9.17, 15) is 19.3 Å². The lowest BCUT2D eigenvalue weighted by molar-refractivity contribution is -0.384. The van der Waals surface area contributed by atoms with Gasteiger partial charge in [-0.1, -0.05) is 19.4 Å². The van der Waals surface area contributed by atoms with Crippen LogP contribution in [0.3, 0.4) is 0 Å². The second kappa shape index (κ2) is 8.05. The quantitative estimate of drug-likeness (QED) is 0.475. The topological polar surface area (TPSA) is 85.1 Å². The number of amides is 1. The van der Waals surface area contributed by atoms with Gasteiger partial charge in [0.25, 0.3) is 11.6 Å². The summed E-state index contributed by atoms with van der Waals surface area (Å²) in [7, 11) is 0. The second-order valence-electron chi connectivity index (χ2n) is 5.81. The van der Waals surface area contributed by atoms with Crippen molar-refractivity contribution in [2.45, 2.75) is 19.8 Å². The van der Waals surface area contributed by atoms with Crippen molar-refractivity contribution < 1.29 is 14.1 Å². The molecule has 0 saturated heterocycles. The maximum atomic E-state index is 13.2. The van der Waals surface area contributed by atoms with Gasteiger partial charge in [-0.25, -0.2) is 9.37 Å². The zero-order valence-electron chi connectivity index (χ0n) is 14.4. The molecule has 2 aromatic carbocycles. The van der Waals surface area contributed by atoms with Crippen LogP contribution in [0.25, 0.3) is 11.3 Å². The van der Waals surface area contributed by atoms with Crippen molar-refractivity contribution in [3.05, 3.63) is 74.9 Å². The van der Waals surface area contributed by atoms with Crippen LogP contribution in [0.4, 0.5) is 15.2 Å². The van der Waals surface area contributed by atoms with E-state index in [-0.39, 0.29) is 17.1 Å². The van der Waals surface area contributed by atoms with Gasteiger partial charge < -0.3 is 0 Å². The number of non-ortho nitro benzene ring substituents is 1. The van der Waals surface area contributed by atoms with E-state index < -0.39 is 10.8 Å². The molecule has 0 aliphatic rings. The summed E-state index contributed by atoms with van der Waals surface area (Å²) in [5.74, 6) is -0.800. The number of nitro benzene ring substituents is 1. The minimum atomic E-state index is -0.549. The molecular formula is C19H16FN3O3S. The predicted molar refractivity (Wildman–Crippen MR) is 103 cm³/mol. The number of aryl methyl sites for hydroxylation is 1. The van der Waals surface area contributed by atoms with E-state index in [0.29, 0.717) is 10.8 Å². The highest BCUT2D eigenvalue weighted by Crippen LogP contribution is 2.32. The first-order chi connectivity index (χ1) is 13.0. The van der Waals surface area contributed by atoms with Crippen LogP contribution in [0.2, 0.25) is 0 Å². The maximum absolute atomic E-state index is 13.2. The number of carbonyl (C=O) groups is 1. The molecule has 1 amide bonds. The summed E-state index contributed by atoms with van der Waals surface area (Å²) in [5, 5.41) is 14.0. The lowest BCUT2D eigenvalue weighted by Crippen LogP contribution is -2.11. The summed E-state index contributed by atoms with van der Waals surface area (Å²) in [6, 6.07) is 11.5. The number of nitro groups is 1. The number of thiazole rings is 1. The zero-order valence-corrected chi connectivity index (χ0v) is 15.3. The number of carbonyl (C=O) groups excluding carboxylic acids is 1. The van der Waals surface area contributed by atoms with Crippen molar-refractivity contribution in [1.29, 1.82) is 0 Å². The molecule has 0 saturated carbocycles. The molecule has 0 fully saturated rings. The normalized spacial score (nSPS) is 10.6. The van der Waals surface area contributed by atoms with Crippen LogP contribution in [-0.2, 0) is 6.42 Å². The SMILES string of the molecule is CCCc1sc(NC(=O)c2cccc([N+](=O)[O-])c2)nc1-c1ccc(F)cc1. The molecule has 0 bridgehead atoms. The van der Waals surface area contributed by atoms with E-state index >= 15 is 0 Å². The van der Waals surface area contributed by atoms with Crippen molar-refractivity contribution >= 4 is 28.1 Å². The van der Waals surface area contributed by atoms with Gasteiger partial charge in [-0.2, -0.15) is 0 Å². The van der Waals surface area contributed by atoms with Crippen LogP contribution >= 0.6 is 11.3 Å². The Morgan fingerprint density at radius 1 is 1.26 bits per heavy atom. The van der Waals surface area contributed by atoms with Gasteiger partial charge in [0.2, 0.25) is 0 Å². The lowest BCUT2D eigenvalue weighted by atomic mass is 10.1. The Morgan fingerprint density at radius 2 is 2.00 bits per heavy atom. The predicted octanol–water partition coefficient (Wildman–Crippen LogP) is 5.06. The summed E-state index contributed by atoms with van der Waals surface area (Å²) in [5.41, 5.74) is 1.50. The molecule has 3 rings (SSSR count). The van der Waals surface area contributed by atoms with Gasteiger partial charge in [-0.05, 0) is 36.8 Å². The van der Waals surface area contributed by atoms with E-state index in [1.807, 2.05) is 6.92 Å². The minimum absolute atomic E-state index is 0.152. The minimum Gasteiger partial charge on any atom is -0.298 e. The summed E-state index contributed by atoms with van der Waals surface area (Å²) in [4.78, 5) is 28.2. The molecular weight excluding hydrogens is 369 g/mol. The molecule has 8 heteroatoms. The highest BCUT2D eigenvalue weighted by Gasteiger charge is 2.17. The van der Waals surface area contributed by atoms with Crippen molar-refractivity contribution in [3.63, 3.8) is 0 Å². The molecule has 0 spiro atoms. The van der Waals surface area contributed by atoms with Gasteiger partial charge in [0, 0.05) is 28.1 Å². The third kappa shape index (κ3) is 4.35. The number of benzene rings is 2. The molecule has 0 atom stereocenters. The van der Waals surface area contributed by atoms with Crippen LogP contribution in [0.5, 0.6) is 0 Å². The zero-order chi connectivity index (χ0) is 19.4. The van der Waals surface area contributed by atoms with E-state index in [4.69, 9.17) is 0 Å². The first-order valence-electron chi connectivity index (χ1n) is 8.29. The number of hydrogen-bond donors (Lipinski definition) is 1. The van der Waals surface area contributed by atoms with E-state index in [1.165, 1.54) is 47.7 Å². The van der Waals surface area contributed by atoms with Crippen molar-refractivity contribution in [2.75, 3.05) is 5.32 Å². The molecule has 138 valence electrons. The molecule has 1 N–H and O–H groups in total. The number of rotatable bonds is 6. The highest BCUT2D eigenvalue weighted by atomic mass is 32.1. The highest BCUT2D eigenvalue weighted by molar-refractivity contribution is 7.16. The van der Waals surface area contributed by atoms with Gasteiger partial charge in [0.1, 0.15) is 5.82 Å². The third-order valence-electron chi connectivity index (χ3n) is 3.83. The molecule has 0 unspecified atom stereocenters. The Hall–Kier alpha value is -3.13. The van der Waals surface area contributed by atoms with Gasteiger partial charge in [-0.3, -0.25) is 20.2 Å². The molecule has 3 aromatic rings. The second-order valence-corrected chi connectivity index (χ2v) is 6.89. The number of nitrogens with zero attached hydrogens (tertiary/aromatic N) is 2. The number of halogens is 1. The fourth-order valence-corrected chi connectivity index (χ4v) is 3.65. The number of anilines is 1. The van der Waals surface area contributed by atoms with Gasteiger partial charge in [0.05, 0.1) is 10.6 Å². The Kier molecular flexibility index (Phi) is 5.56. The molecule has 6 nitrogen and oxygen atoms in total. The van der Waals surface area contributed by atoms with Crippen LogP contribution in [0, 0.1) is 15.9 Å². The van der Waals surface area contributed by atoms with Crippen LogP contribution in [-0.4, -0.2) is 15.8 Å². The van der Waals surface area contributed by atoms with Gasteiger partial charge in [0.15, 0.2) is 5.13 Å². The fourth-order valence-electron chi connectivity index (χ4n) is 2.57. The van der Waals surface area contributed by atoms with E-state index in [2.05, 4.69) is 10.3 Å². The smallest absolute Gasteiger partial charge is 0.270 e. The number of hydrogen-bond acceptors (Lipinski definition) is 5. The van der Waals surface area contributed by atoms with Crippen LogP contribution < -0.4 is 5.32 Å². The monoisotopic (exact) mass is 385 g/mol. The molecule has 0 aliphatic carbocycles. The fraction of sp³-hybridized carbons (Fsp3) is 0.158. The number of aromatic nitrogens is 1. The molecule has 0 radical (unpaired) electrons. The summed E-state index contributed by atoms with van der Waals surface area (Å²) in [6.07, 6.45) is 1.67. The van der Waals surface area contributed by atoms with Crippen molar-refractivity contribution in [1.82, 2.24) is 4.98 Å². The average Bonchev–Trinajstić information content (AvgIpc) is 3.05. The molecule has 27 heavy (non-hydrogen) atoms. The van der Waals surface area contributed by atoms with Gasteiger partial charge in [-0.15, -0.1) is 11.3 Å². The third-order valence-corrected chi connectivity index (χ3v) is 4.86. The number of nitrogens with one attached hydrogen (secondary N) is 1. The Balaban J connectivity index is 1.87. The Bertz CT molecular complexity index is 986. The lowest BCUT2D eigenvalue weighted by Gasteiger charge is -2.01. The van der Waals surface area contributed by atoms with Crippen LogP contribution in [0.15, 0.2) is 48.5 Å². The summed E-state index contributed by atoms with van der Waals surface area (Å²) < 4.78 is 13.2. The van der Waals surface area contributed by atoms with E-state index in [1.54, 1.807) is 12.1 Å². The Labute approximate surface area is 158 Å². The largest absolute Gasteiger partial charge is 0.298 e. The van der Waals surface area contributed by atoms with Crippen molar-refractivity contribution in [3.8, 4) is 11.3 Å². The average molecular weight is 385 g/mol. The first-order valence-corrected chi connectivity index (χ1v) is 9.11. The van der Waals surface area contributed by atoms with Gasteiger partial charge >= 0.3 is 0 Å².